The van der Waals surface area contributed by atoms with Crippen LogP contribution in [0.25, 0.3) is 0 Å². The number of Topliss-reactive ketones (excluding diaryl/α,β-unsaturated/α-hetero) is 1. The van der Waals surface area contributed by atoms with Gasteiger partial charge in [-0.2, -0.15) is 0 Å². The fourth-order valence-corrected chi connectivity index (χ4v) is 9.22. The van der Waals surface area contributed by atoms with Gasteiger partial charge in [0.1, 0.15) is 6.10 Å². The number of aliphatic hydroxyl groups excluding tert-OH is 2. The standard InChI is InChI=1S/C27H44O7S.Na/c1-15(2)25(30)24(29)12-16(3)19-6-7-20-18-14-23(28)22-13-17(34-35(31,32)33)8-10-27(22,5)21(18)9-11-26(19,20)4;/h9,15-20,22-23,25,28,30H,6-8,10-14H2,1-5H3,(H,31,32,33);/q;+1/p-1/t16-,17+,18+,19-,20+,22-,23+,25?,26-,27-;/m1./s1. The van der Waals surface area contributed by atoms with Gasteiger partial charge in [0.15, 0.2) is 5.78 Å². The van der Waals surface area contributed by atoms with E-state index in [-0.39, 0.29) is 69.8 Å². The first-order valence-corrected chi connectivity index (χ1v) is 14.7. The van der Waals surface area contributed by atoms with E-state index in [1.165, 1.54) is 5.57 Å². The van der Waals surface area contributed by atoms with Gasteiger partial charge in [0.2, 0.25) is 10.4 Å². The fourth-order valence-electron chi connectivity index (χ4n) is 8.72. The molecule has 0 radical (unpaired) electrons. The van der Waals surface area contributed by atoms with E-state index in [1.807, 2.05) is 13.8 Å². The van der Waals surface area contributed by atoms with Crippen molar-refractivity contribution in [1.82, 2.24) is 0 Å². The van der Waals surface area contributed by atoms with E-state index < -0.39 is 28.7 Å². The van der Waals surface area contributed by atoms with Crippen LogP contribution in [0.5, 0.6) is 0 Å². The van der Waals surface area contributed by atoms with Gasteiger partial charge in [-0.25, -0.2) is 8.42 Å². The first-order chi connectivity index (χ1) is 16.2. The Balaban J connectivity index is 0.00000361. The second-order valence-corrected chi connectivity index (χ2v) is 13.8. The molecule has 200 valence electrons. The third kappa shape index (κ3) is 5.58. The van der Waals surface area contributed by atoms with Crippen molar-refractivity contribution in [2.24, 2.45) is 46.3 Å². The Kier molecular flexibility index (Phi) is 9.39. The predicted molar refractivity (Wildman–Crippen MR) is 131 cm³/mol. The topological polar surface area (TPSA) is 124 Å². The molecule has 4 aliphatic rings. The van der Waals surface area contributed by atoms with E-state index in [4.69, 9.17) is 4.18 Å². The molecule has 3 saturated carbocycles. The Bertz CT molecular complexity index is 965. The molecule has 1 unspecified atom stereocenters. The quantitative estimate of drug-likeness (QED) is 0.216. The second-order valence-electron chi connectivity index (χ2n) is 12.8. The maximum absolute atomic E-state index is 12.6. The maximum atomic E-state index is 12.6. The molecule has 2 N–H and O–H groups in total. The number of ketones is 1. The zero-order valence-electron chi connectivity index (χ0n) is 22.8. The van der Waals surface area contributed by atoms with Crippen LogP contribution < -0.4 is 29.6 Å². The van der Waals surface area contributed by atoms with Gasteiger partial charge in [-0.15, -0.1) is 0 Å². The summed E-state index contributed by atoms with van der Waals surface area (Å²) in [6, 6.07) is 0. The molecule has 10 atom stereocenters. The van der Waals surface area contributed by atoms with Gasteiger partial charge in [-0.1, -0.05) is 46.3 Å². The number of hydrogen-bond acceptors (Lipinski definition) is 7. The fraction of sp³-hybridized carbons (Fsp3) is 0.889. The second kappa shape index (κ2) is 11.0. The number of allylic oxidation sites excluding steroid dienone is 2. The Hall–Kier alpha value is 0.200. The van der Waals surface area contributed by atoms with Crippen LogP contribution in [-0.2, 0) is 19.4 Å². The molecule has 4 aliphatic carbocycles. The molecule has 0 aromatic carbocycles. The molecule has 36 heavy (non-hydrogen) atoms. The first-order valence-electron chi connectivity index (χ1n) is 13.4. The molecule has 0 saturated heterocycles. The molecule has 0 aromatic rings. The minimum absolute atomic E-state index is 0. The van der Waals surface area contributed by atoms with E-state index in [9.17, 15) is 28.0 Å². The number of rotatable bonds is 7. The van der Waals surface area contributed by atoms with Gasteiger partial charge in [0.05, 0.1) is 12.2 Å². The number of carbonyl (C=O) groups excluding carboxylic acids is 1. The van der Waals surface area contributed by atoms with Crippen LogP contribution in [0.4, 0.5) is 0 Å². The van der Waals surface area contributed by atoms with E-state index in [1.54, 1.807) is 0 Å². The zero-order chi connectivity index (χ0) is 25.9. The van der Waals surface area contributed by atoms with Crippen LogP contribution in [0.3, 0.4) is 0 Å². The third-order valence-electron chi connectivity index (χ3n) is 10.5. The van der Waals surface area contributed by atoms with Gasteiger partial charge in [-0.3, -0.25) is 8.98 Å². The summed E-state index contributed by atoms with van der Waals surface area (Å²) < 4.78 is 38.2. The van der Waals surface area contributed by atoms with Crippen molar-refractivity contribution in [3.05, 3.63) is 11.6 Å². The maximum Gasteiger partial charge on any atom is 1.00 e. The summed E-state index contributed by atoms with van der Waals surface area (Å²) in [6.07, 6.45) is 5.95. The molecule has 0 aromatic heterocycles. The summed E-state index contributed by atoms with van der Waals surface area (Å²) in [5.74, 6) is 1.04. The van der Waals surface area contributed by atoms with Crippen LogP contribution >= 0.6 is 0 Å². The average molecular weight is 535 g/mol. The molecule has 0 amide bonds. The molecule has 0 spiro atoms. The van der Waals surface area contributed by atoms with Gasteiger partial charge in [0.25, 0.3) is 0 Å². The van der Waals surface area contributed by atoms with E-state index >= 15 is 0 Å². The largest absolute Gasteiger partial charge is 1.00 e. The van der Waals surface area contributed by atoms with E-state index in [0.717, 1.165) is 19.3 Å². The van der Waals surface area contributed by atoms with Crippen LogP contribution in [0, 0.1) is 46.3 Å². The van der Waals surface area contributed by atoms with Crippen LogP contribution in [0.1, 0.15) is 86.0 Å². The molecule has 0 aliphatic heterocycles. The van der Waals surface area contributed by atoms with Crippen molar-refractivity contribution in [2.45, 2.75) is 104 Å². The molecular formula is C27H43NaO7S. The van der Waals surface area contributed by atoms with Crippen molar-refractivity contribution in [3.8, 4) is 0 Å². The normalized spacial score (nSPS) is 41.9. The van der Waals surface area contributed by atoms with Crippen molar-refractivity contribution in [3.63, 3.8) is 0 Å². The summed E-state index contributed by atoms with van der Waals surface area (Å²) in [7, 11) is -4.76. The van der Waals surface area contributed by atoms with Crippen LogP contribution in [0.2, 0.25) is 0 Å². The summed E-state index contributed by atoms with van der Waals surface area (Å²) in [5, 5.41) is 21.5. The molecule has 4 rings (SSSR count). The minimum atomic E-state index is -4.76. The minimum Gasteiger partial charge on any atom is -0.726 e. The van der Waals surface area contributed by atoms with Crippen molar-refractivity contribution in [2.75, 3.05) is 0 Å². The number of hydrogen-bond donors (Lipinski definition) is 2. The summed E-state index contributed by atoms with van der Waals surface area (Å²) in [4.78, 5) is 12.6. The van der Waals surface area contributed by atoms with E-state index in [2.05, 4.69) is 26.8 Å². The Morgan fingerprint density at radius 1 is 1.17 bits per heavy atom. The molecule has 3 fully saturated rings. The van der Waals surface area contributed by atoms with Gasteiger partial charge in [0, 0.05) is 6.42 Å². The Morgan fingerprint density at radius 3 is 2.44 bits per heavy atom. The Labute approximate surface area is 239 Å². The molecule has 9 heteroatoms. The van der Waals surface area contributed by atoms with Crippen LogP contribution in [-0.4, -0.2) is 47.3 Å². The summed E-state index contributed by atoms with van der Waals surface area (Å²) >= 11 is 0. The molecule has 0 heterocycles. The Morgan fingerprint density at radius 2 is 1.83 bits per heavy atom. The van der Waals surface area contributed by atoms with E-state index in [0.29, 0.717) is 43.9 Å². The number of fused-ring (bicyclic) bond motifs is 5. The monoisotopic (exact) mass is 534 g/mol. The third-order valence-corrected chi connectivity index (χ3v) is 11.0. The number of carbonyl (C=O) groups is 1. The van der Waals surface area contributed by atoms with Gasteiger partial charge >= 0.3 is 29.6 Å². The SMILES string of the molecule is CC(C)C(O)C(=O)C[C@@H](C)[C@H]1CC[C@H]2[C@@H]3C[C@H](O)[C@H]4C[C@@H](OS(=O)(=O)[O-])CC[C@]4(C)C3=CC[C@]12C.[Na+]. The molecule has 7 nitrogen and oxygen atoms in total. The zero-order valence-corrected chi connectivity index (χ0v) is 25.6. The summed E-state index contributed by atoms with van der Waals surface area (Å²) in [5.41, 5.74) is 1.23. The smallest absolute Gasteiger partial charge is 0.726 e. The van der Waals surface area contributed by atoms with Crippen molar-refractivity contribution >= 4 is 16.2 Å². The average Bonchev–Trinajstić information content (AvgIpc) is 3.10. The first kappa shape index (κ1) is 30.7. The molecule has 0 bridgehead atoms. The van der Waals surface area contributed by atoms with Gasteiger partial charge < -0.3 is 14.8 Å². The van der Waals surface area contributed by atoms with Gasteiger partial charge in [-0.05, 0) is 91.3 Å². The number of aliphatic hydroxyl groups is 2. The van der Waals surface area contributed by atoms with Crippen molar-refractivity contribution in [1.29, 1.82) is 0 Å². The predicted octanol–water partition coefficient (Wildman–Crippen LogP) is 0.998. The van der Waals surface area contributed by atoms with Crippen molar-refractivity contribution < 1.29 is 61.7 Å². The van der Waals surface area contributed by atoms with Crippen LogP contribution in [0.15, 0.2) is 11.6 Å². The summed E-state index contributed by atoms with van der Waals surface area (Å²) in [6.45, 7) is 10.4. The molecular weight excluding hydrogens is 491 g/mol.